The Hall–Kier alpha value is -2.35. The van der Waals surface area contributed by atoms with Gasteiger partial charge in [-0.15, -0.1) is 0 Å². The summed E-state index contributed by atoms with van der Waals surface area (Å²) in [4.78, 5) is 20.1. The van der Waals surface area contributed by atoms with E-state index in [1.165, 1.54) is 0 Å². The third kappa shape index (κ3) is 4.14. The first-order valence-corrected chi connectivity index (χ1v) is 7.85. The van der Waals surface area contributed by atoms with Gasteiger partial charge in [-0.1, -0.05) is 6.07 Å². The SMILES string of the molecule is O=C(NCC1OCC(NCc2ccccn2)C1O)c1ccncc1. The van der Waals surface area contributed by atoms with Crippen LogP contribution in [-0.2, 0) is 11.3 Å². The van der Waals surface area contributed by atoms with E-state index in [1.807, 2.05) is 18.2 Å². The van der Waals surface area contributed by atoms with E-state index in [-0.39, 0.29) is 18.5 Å². The maximum absolute atomic E-state index is 12.0. The van der Waals surface area contributed by atoms with Gasteiger partial charge in [0, 0.05) is 37.2 Å². The first-order valence-electron chi connectivity index (χ1n) is 7.85. The Kier molecular flexibility index (Phi) is 5.47. The molecule has 3 heterocycles. The first kappa shape index (κ1) is 16.5. The third-order valence-corrected chi connectivity index (χ3v) is 3.96. The van der Waals surface area contributed by atoms with Gasteiger partial charge in [0.15, 0.2) is 0 Å². The van der Waals surface area contributed by atoms with Crippen molar-refractivity contribution in [3.8, 4) is 0 Å². The van der Waals surface area contributed by atoms with Crippen molar-refractivity contribution < 1.29 is 14.6 Å². The van der Waals surface area contributed by atoms with E-state index >= 15 is 0 Å². The Morgan fingerprint density at radius 1 is 1.25 bits per heavy atom. The zero-order valence-electron chi connectivity index (χ0n) is 13.1. The fourth-order valence-electron chi connectivity index (χ4n) is 2.58. The maximum Gasteiger partial charge on any atom is 0.251 e. The lowest BCUT2D eigenvalue weighted by molar-refractivity contribution is 0.0398. The number of pyridine rings is 2. The number of aromatic nitrogens is 2. The molecular formula is C17H20N4O3. The maximum atomic E-state index is 12.0. The average Bonchev–Trinajstić information content (AvgIpc) is 2.99. The van der Waals surface area contributed by atoms with Crippen molar-refractivity contribution in [3.05, 3.63) is 60.2 Å². The van der Waals surface area contributed by atoms with Crippen LogP contribution in [0.4, 0.5) is 0 Å². The van der Waals surface area contributed by atoms with Gasteiger partial charge in [-0.05, 0) is 24.3 Å². The second-order valence-electron chi connectivity index (χ2n) is 5.62. The lowest BCUT2D eigenvalue weighted by atomic mass is 10.1. The molecule has 0 aliphatic carbocycles. The minimum atomic E-state index is -0.688. The molecule has 3 atom stereocenters. The number of nitrogens with zero attached hydrogens (tertiary/aromatic N) is 2. The fraction of sp³-hybridized carbons (Fsp3) is 0.353. The van der Waals surface area contributed by atoms with Gasteiger partial charge in [0.2, 0.25) is 0 Å². The number of rotatable bonds is 6. The molecule has 3 unspecified atom stereocenters. The van der Waals surface area contributed by atoms with Crippen molar-refractivity contribution in [1.82, 2.24) is 20.6 Å². The molecule has 1 saturated heterocycles. The van der Waals surface area contributed by atoms with Gasteiger partial charge in [-0.3, -0.25) is 14.8 Å². The van der Waals surface area contributed by atoms with Crippen LogP contribution < -0.4 is 10.6 Å². The molecule has 0 aromatic carbocycles. The molecule has 0 radical (unpaired) electrons. The van der Waals surface area contributed by atoms with Gasteiger partial charge in [0.05, 0.1) is 24.4 Å². The van der Waals surface area contributed by atoms with Crippen molar-refractivity contribution in [3.63, 3.8) is 0 Å². The molecule has 7 nitrogen and oxygen atoms in total. The van der Waals surface area contributed by atoms with Crippen molar-refractivity contribution in [2.24, 2.45) is 0 Å². The van der Waals surface area contributed by atoms with E-state index in [0.29, 0.717) is 18.7 Å². The molecule has 2 aromatic rings. The van der Waals surface area contributed by atoms with Crippen LogP contribution in [-0.4, -0.2) is 52.4 Å². The highest BCUT2D eigenvalue weighted by Gasteiger charge is 2.35. The Morgan fingerprint density at radius 2 is 2.08 bits per heavy atom. The van der Waals surface area contributed by atoms with Crippen molar-refractivity contribution in [2.75, 3.05) is 13.2 Å². The number of aliphatic hydroxyl groups is 1. The molecule has 3 rings (SSSR count). The molecule has 7 heteroatoms. The summed E-state index contributed by atoms with van der Waals surface area (Å²) in [7, 11) is 0. The van der Waals surface area contributed by atoms with E-state index in [9.17, 15) is 9.90 Å². The number of aliphatic hydroxyl groups excluding tert-OH is 1. The highest BCUT2D eigenvalue weighted by molar-refractivity contribution is 5.93. The predicted octanol–water partition coefficient (Wildman–Crippen LogP) is 0.125. The second-order valence-corrected chi connectivity index (χ2v) is 5.62. The van der Waals surface area contributed by atoms with Crippen molar-refractivity contribution in [1.29, 1.82) is 0 Å². The van der Waals surface area contributed by atoms with Crippen molar-refractivity contribution in [2.45, 2.75) is 24.8 Å². The molecule has 1 aliphatic heterocycles. The summed E-state index contributed by atoms with van der Waals surface area (Å²) in [5, 5.41) is 16.4. The molecule has 0 spiro atoms. The van der Waals surface area contributed by atoms with E-state index < -0.39 is 12.2 Å². The first-order chi connectivity index (χ1) is 11.7. The Balaban J connectivity index is 1.46. The zero-order valence-corrected chi connectivity index (χ0v) is 13.1. The molecule has 1 aliphatic rings. The third-order valence-electron chi connectivity index (χ3n) is 3.96. The Bertz CT molecular complexity index is 653. The molecule has 0 bridgehead atoms. The number of carbonyl (C=O) groups excluding carboxylic acids is 1. The number of carbonyl (C=O) groups is 1. The van der Waals surface area contributed by atoms with E-state index in [2.05, 4.69) is 20.6 Å². The number of nitrogens with one attached hydrogen (secondary N) is 2. The number of hydrogen-bond acceptors (Lipinski definition) is 6. The van der Waals surface area contributed by atoms with E-state index in [4.69, 9.17) is 4.74 Å². The molecule has 126 valence electrons. The smallest absolute Gasteiger partial charge is 0.251 e. The largest absolute Gasteiger partial charge is 0.389 e. The highest BCUT2D eigenvalue weighted by Crippen LogP contribution is 2.14. The predicted molar refractivity (Wildman–Crippen MR) is 87.2 cm³/mol. The van der Waals surface area contributed by atoms with Gasteiger partial charge in [0.1, 0.15) is 6.10 Å². The normalized spacial score (nSPS) is 23.1. The lowest BCUT2D eigenvalue weighted by Gasteiger charge is -2.18. The molecule has 1 fully saturated rings. The summed E-state index contributed by atoms with van der Waals surface area (Å²) in [6.07, 6.45) is 3.74. The van der Waals surface area contributed by atoms with Crippen LogP contribution in [0.2, 0.25) is 0 Å². The molecule has 24 heavy (non-hydrogen) atoms. The van der Waals surface area contributed by atoms with Crippen LogP contribution in [0, 0.1) is 0 Å². The highest BCUT2D eigenvalue weighted by atomic mass is 16.5. The molecule has 2 aromatic heterocycles. The van der Waals surface area contributed by atoms with Gasteiger partial charge in [-0.25, -0.2) is 0 Å². The van der Waals surface area contributed by atoms with Crippen LogP contribution in [0.25, 0.3) is 0 Å². The van der Waals surface area contributed by atoms with E-state index in [0.717, 1.165) is 5.69 Å². The van der Waals surface area contributed by atoms with Crippen LogP contribution in [0.1, 0.15) is 16.1 Å². The zero-order chi connectivity index (χ0) is 16.8. The summed E-state index contributed by atoms with van der Waals surface area (Å²) in [5.41, 5.74) is 1.43. The number of amides is 1. The minimum Gasteiger partial charge on any atom is -0.389 e. The summed E-state index contributed by atoms with van der Waals surface area (Å²) < 4.78 is 5.59. The number of ether oxygens (including phenoxy) is 1. The number of hydrogen-bond donors (Lipinski definition) is 3. The Labute approximate surface area is 140 Å². The van der Waals surface area contributed by atoms with E-state index in [1.54, 1.807) is 30.7 Å². The fourth-order valence-corrected chi connectivity index (χ4v) is 2.58. The standard InChI is InChI=1S/C17H20N4O3/c22-16-14(20-9-13-3-1-2-6-19-13)11-24-15(16)10-21-17(23)12-4-7-18-8-5-12/h1-8,14-16,20,22H,9-11H2,(H,21,23). The van der Waals surface area contributed by atoms with Crippen LogP contribution in [0.15, 0.2) is 48.9 Å². The van der Waals surface area contributed by atoms with Crippen molar-refractivity contribution >= 4 is 5.91 Å². The Morgan fingerprint density at radius 3 is 2.83 bits per heavy atom. The lowest BCUT2D eigenvalue weighted by Crippen LogP contribution is -2.44. The van der Waals surface area contributed by atoms with Gasteiger partial charge in [0.25, 0.3) is 5.91 Å². The summed E-state index contributed by atoms with van der Waals surface area (Å²) in [5.74, 6) is -0.210. The van der Waals surface area contributed by atoms with Crippen LogP contribution >= 0.6 is 0 Å². The summed E-state index contributed by atoms with van der Waals surface area (Å²) in [6, 6.07) is 8.79. The molecular weight excluding hydrogens is 308 g/mol. The average molecular weight is 328 g/mol. The van der Waals surface area contributed by atoms with Gasteiger partial charge < -0.3 is 20.5 Å². The summed E-state index contributed by atoms with van der Waals surface area (Å²) >= 11 is 0. The quantitative estimate of drug-likeness (QED) is 0.697. The summed E-state index contributed by atoms with van der Waals surface area (Å²) in [6.45, 7) is 1.20. The monoisotopic (exact) mass is 328 g/mol. The van der Waals surface area contributed by atoms with Gasteiger partial charge in [-0.2, -0.15) is 0 Å². The second kappa shape index (κ2) is 7.96. The molecule has 1 amide bonds. The topological polar surface area (TPSA) is 96.4 Å². The van der Waals surface area contributed by atoms with Gasteiger partial charge >= 0.3 is 0 Å². The molecule has 0 saturated carbocycles. The van der Waals surface area contributed by atoms with Crippen LogP contribution in [0.5, 0.6) is 0 Å². The molecule has 3 N–H and O–H groups in total. The minimum absolute atomic E-state index is 0.185. The van der Waals surface area contributed by atoms with Crippen LogP contribution in [0.3, 0.4) is 0 Å².